The molecule has 1 aliphatic heterocycles. The number of anilines is 1. The third-order valence-electron chi connectivity index (χ3n) is 7.20. The van der Waals surface area contributed by atoms with Crippen molar-refractivity contribution in [1.29, 1.82) is 0 Å². The second-order valence-electron chi connectivity index (χ2n) is 8.94. The monoisotopic (exact) mass is 324 g/mol. The first kappa shape index (κ1) is 14.8. The van der Waals surface area contributed by atoms with Gasteiger partial charge >= 0.3 is 0 Å². The Morgan fingerprint density at radius 3 is 2.42 bits per heavy atom. The minimum atomic E-state index is -0.0679. The maximum Gasteiger partial charge on any atom is 0.242 e. The highest BCUT2D eigenvalue weighted by Gasteiger charge is 2.51. The second-order valence-corrected chi connectivity index (χ2v) is 8.94. The summed E-state index contributed by atoms with van der Waals surface area (Å²) in [6, 6.07) is 8.47. The Balaban J connectivity index is 1.32. The fourth-order valence-electron chi connectivity index (χ4n) is 6.54. The molecule has 1 N–H and O–H groups in total. The van der Waals surface area contributed by atoms with Crippen LogP contribution < -0.4 is 10.2 Å². The van der Waals surface area contributed by atoms with E-state index in [1.165, 1.54) is 49.8 Å². The minimum Gasteiger partial charge on any atom is -0.359 e. The third-order valence-corrected chi connectivity index (χ3v) is 7.20. The molecule has 0 unspecified atom stereocenters. The zero-order chi connectivity index (χ0) is 16.3. The van der Waals surface area contributed by atoms with E-state index in [4.69, 9.17) is 0 Å². The summed E-state index contributed by atoms with van der Waals surface area (Å²) in [6.07, 6.45) is 9.01. The molecule has 0 spiro atoms. The van der Waals surface area contributed by atoms with Gasteiger partial charge in [-0.3, -0.25) is 4.79 Å². The van der Waals surface area contributed by atoms with Crippen molar-refractivity contribution in [2.45, 2.75) is 63.5 Å². The molecular weight excluding hydrogens is 296 g/mol. The van der Waals surface area contributed by atoms with Gasteiger partial charge in [0.05, 0.1) is 0 Å². The van der Waals surface area contributed by atoms with Crippen molar-refractivity contribution >= 4 is 11.6 Å². The Morgan fingerprint density at radius 1 is 1.12 bits per heavy atom. The zero-order valence-corrected chi connectivity index (χ0v) is 14.6. The van der Waals surface area contributed by atoms with Crippen molar-refractivity contribution in [2.75, 3.05) is 11.4 Å². The number of hydrogen-bond acceptors (Lipinski definition) is 2. The fourth-order valence-corrected chi connectivity index (χ4v) is 6.54. The van der Waals surface area contributed by atoms with Crippen molar-refractivity contribution in [2.24, 2.45) is 17.8 Å². The molecule has 4 bridgehead atoms. The smallest absolute Gasteiger partial charge is 0.242 e. The number of carbonyl (C=O) groups is 1. The van der Waals surface area contributed by atoms with Gasteiger partial charge in [-0.2, -0.15) is 0 Å². The summed E-state index contributed by atoms with van der Waals surface area (Å²) < 4.78 is 0. The van der Waals surface area contributed by atoms with Crippen LogP contribution in [0.1, 0.15) is 51.0 Å². The Kier molecular flexibility index (Phi) is 3.23. The number of nitrogens with zero attached hydrogens (tertiary/aromatic N) is 1. The van der Waals surface area contributed by atoms with E-state index in [2.05, 4.69) is 41.4 Å². The second kappa shape index (κ2) is 5.24. The van der Waals surface area contributed by atoms with Gasteiger partial charge < -0.3 is 10.2 Å². The Morgan fingerprint density at radius 2 is 1.75 bits per heavy atom. The van der Waals surface area contributed by atoms with E-state index in [1.807, 2.05) is 0 Å². The normalized spacial score (nSPS) is 37.4. The maximum absolute atomic E-state index is 13.1. The van der Waals surface area contributed by atoms with Crippen LogP contribution in [-0.4, -0.2) is 24.0 Å². The van der Waals surface area contributed by atoms with Crippen LogP contribution in [0.3, 0.4) is 0 Å². The summed E-state index contributed by atoms with van der Waals surface area (Å²) in [5.41, 5.74) is 2.76. The summed E-state index contributed by atoms with van der Waals surface area (Å²) in [7, 11) is 0. The number of hydrogen-bond donors (Lipinski definition) is 1. The van der Waals surface area contributed by atoms with E-state index < -0.39 is 0 Å². The van der Waals surface area contributed by atoms with Gasteiger partial charge in [-0.1, -0.05) is 18.2 Å². The van der Waals surface area contributed by atoms with E-state index in [1.54, 1.807) is 0 Å². The highest BCUT2D eigenvalue weighted by Crippen LogP contribution is 2.55. The average Bonchev–Trinajstić information content (AvgIpc) is 2.96. The predicted octanol–water partition coefficient (Wildman–Crippen LogP) is 3.52. The maximum atomic E-state index is 13.1. The lowest BCUT2D eigenvalue weighted by Gasteiger charge is -2.57. The van der Waals surface area contributed by atoms with Gasteiger partial charge in [-0.15, -0.1) is 0 Å². The Bertz CT molecular complexity index is 632. The Hall–Kier alpha value is -1.51. The summed E-state index contributed by atoms with van der Waals surface area (Å²) in [4.78, 5) is 15.4. The van der Waals surface area contributed by atoms with E-state index in [9.17, 15) is 4.79 Å². The molecule has 6 rings (SSSR count). The highest BCUT2D eigenvalue weighted by molar-refractivity contribution is 5.86. The van der Waals surface area contributed by atoms with Gasteiger partial charge in [0, 0.05) is 17.8 Å². The number of nitrogens with one attached hydrogen (secondary N) is 1. The van der Waals surface area contributed by atoms with Gasteiger partial charge in [0.2, 0.25) is 5.91 Å². The minimum absolute atomic E-state index is 0.0679. The van der Waals surface area contributed by atoms with Crippen LogP contribution in [0.15, 0.2) is 24.3 Å². The molecule has 4 aliphatic carbocycles. The van der Waals surface area contributed by atoms with Crippen molar-refractivity contribution in [3.05, 3.63) is 29.8 Å². The first-order valence-corrected chi connectivity index (χ1v) is 9.78. The molecule has 0 radical (unpaired) electrons. The molecule has 1 amide bonds. The molecule has 0 saturated heterocycles. The molecular formula is C21H28N2O. The van der Waals surface area contributed by atoms with Crippen molar-refractivity contribution in [3.8, 4) is 0 Å². The molecule has 24 heavy (non-hydrogen) atoms. The van der Waals surface area contributed by atoms with Crippen molar-refractivity contribution in [3.63, 3.8) is 0 Å². The average molecular weight is 324 g/mol. The topological polar surface area (TPSA) is 32.3 Å². The SMILES string of the molecule is C[C@@H](C(=O)NC12CC3CC(CC(C3)C1)C2)N1CCc2ccccc21. The van der Waals surface area contributed by atoms with Crippen LogP contribution in [0.4, 0.5) is 5.69 Å². The molecule has 0 aromatic heterocycles. The van der Waals surface area contributed by atoms with E-state index in [0.717, 1.165) is 30.7 Å². The number of benzene rings is 1. The quantitative estimate of drug-likeness (QED) is 0.922. The van der Waals surface area contributed by atoms with Crippen LogP contribution in [0.5, 0.6) is 0 Å². The molecule has 1 aromatic rings. The van der Waals surface area contributed by atoms with Crippen LogP contribution in [0, 0.1) is 17.8 Å². The van der Waals surface area contributed by atoms with Crippen LogP contribution in [0.2, 0.25) is 0 Å². The molecule has 5 aliphatic rings. The number of para-hydroxylation sites is 1. The number of fused-ring (bicyclic) bond motifs is 1. The van der Waals surface area contributed by atoms with E-state index in [-0.39, 0.29) is 17.5 Å². The molecule has 1 atom stereocenters. The van der Waals surface area contributed by atoms with Gasteiger partial charge in [0.1, 0.15) is 6.04 Å². The number of rotatable bonds is 3. The third kappa shape index (κ3) is 2.28. The van der Waals surface area contributed by atoms with Crippen molar-refractivity contribution in [1.82, 2.24) is 5.32 Å². The molecule has 3 nitrogen and oxygen atoms in total. The molecule has 128 valence electrons. The molecule has 4 saturated carbocycles. The van der Waals surface area contributed by atoms with Gasteiger partial charge in [-0.05, 0) is 81.3 Å². The van der Waals surface area contributed by atoms with Gasteiger partial charge in [0.15, 0.2) is 0 Å². The van der Waals surface area contributed by atoms with Gasteiger partial charge in [-0.25, -0.2) is 0 Å². The first-order chi connectivity index (χ1) is 11.6. The zero-order valence-electron chi connectivity index (χ0n) is 14.6. The molecule has 1 heterocycles. The predicted molar refractivity (Wildman–Crippen MR) is 96.0 cm³/mol. The lowest BCUT2D eigenvalue weighted by atomic mass is 9.53. The van der Waals surface area contributed by atoms with Gasteiger partial charge in [0.25, 0.3) is 0 Å². The van der Waals surface area contributed by atoms with E-state index in [0.29, 0.717) is 0 Å². The summed E-state index contributed by atoms with van der Waals surface area (Å²) in [5, 5.41) is 3.55. The van der Waals surface area contributed by atoms with Crippen LogP contribution in [0.25, 0.3) is 0 Å². The summed E-state index contributed by atoms with van der Waals surface area (Å²) >= 11 is 0. The standard InChI is InChI=1S/C21H28N2O/c1-14(23-7-6-18-4-2-3-5-19(18)23)20(24)22-21-11-15-8-16(12-21)10-17(9-15)13-21/h2-5,14-17H,6-13H2,1H3,(H,22,24)/t14-,15?,16?,17?,21?/m0/s1. The summed E-state index contributed by atoms with van der Waals surface area (Å²) in [5.74, 6) is 2.87. The molecule has 1 aromatic carbocycles. The highest BCUT2D eigenvalue weighted by atomic mass is 16.2. The lowest BCUT2D eigenvalue weighted by Crippen LogP contribution is -2.62. The largest absolute Gasteiger partial charge is 0.359 e. The molecule has 4 fully saturated rings. The molecule has 3 heteroatoms. The van der Waals surface area contributed by atoms with E-state index >= 15 is 0 Å². The summed E-state index contributed by atoms with van der Waals surface area (Å²) in [6.45, 7) is 3.05. The Labute approximate surface area is 144 Å². The van der Waals surface area contributed by atoms with Crippen molar-refractivity contribution < 1.29 is 4.79 Å². The van der Waals surface area contributed by atoms with Crippen LogP contribution >= 0.6 is 0 Å². The fraction of sp³-hybridized carbons (Fsp3) is 0.667. The van der Waals surface area contributed by atoms with Crippen LogP contribution in [-0.2, 0) is 11.2 Å². The first-order valence-electron chi connectivity index (χ1n) is 9.78. The number of amides is 1. The number of carbonyl (C=O) groups excluding carboxylic acids is 1. The lowest BCUT2D eigenvalue weighted by molar-refractivity contribution is -0.127.